The molecule has 8 nitrogen and oxygen atoms in total. The molecule has 2 saturated heterocycles. The molecule has 2 amide bonds. The molecular formula is C17H22N6O2. The van der Waals surface area contributed by atoms with Crippen LogP contribution in [0.4, 0.5) is 0 Å². The molecule has 0 unspecified atom stereocenters. The van der Waals surface area contributed by atoms with Crippen molar-refractivity contribution in [1.82, 2.24) is 30.0 Å². The minimum atomic E-state index is -0.00291. The number of rotatable bonds is 4. The molecule has 4 rings (SSSR count). The number of nitrogens with one attached hydrogen (secondary N) is 2. The molecule has 132 valence electrons. The Morgan fingerprint density at radius 2 is 2.28 bits per heavy atom. The van der Waals surface area contributed by atoms with E-state index in [0.717, 1.165) is 25.0 Å². The molecule has 2 N–H and O–H groups in total. The third kappa shape index (κ3) is 3.16. The summed E-state index contributed by atoms with van der Waals surface area (Å²) in [6.45, 7) is 2.08. The standard InChI is InChI=1S/C17H22N6O2/c24-16-2-1-12-10-22(17(25)14-3-6-20-21-14)7-5-15(12)23(16)8-4-13-9-18-11-19-13/h3,6,9,11-12,15H,1-2,4-5,7-8,10H2,(H,18,19)(H,20,21)/t12-,15+/m0/s1. The van der Waals surface area contributed by atoms with E-state index in [4.69, 9.17) is 0 Å². The van der Waals surface area contributed by atoms with E-state index in [1.54, 1.807) is 24.8 Å². The summed E-state index contributed by atoms with van der Waals surface area (Å²) < 4.78 is 0. The number of hydrogen-bond donors (Lipinski definition) is 2. The monoisotopic (exact) mass is 342 g/mol. The van der Waals surface area contributed by atoms with E-state index in [-0.39, 0.29) is 17.9 Å². The van der Waals surface area contributed by atoms with Crippen LogP contribution in [-0.4, -0.2) is 67.5 Å². The maximum Gasteiger partial charge on any atom is 0.271 e. The molecule has 0 aromatic carbocycles. The number of carbonyl (C=O) groups excluding carboxylic acids is 2. The lowest BCUT2D eigenvalue weighted by molar-refractivity contribution is -0.140. The maximum atomic E-state index is 12.5. The van der Waals surface area contributed by atoms with Gasteiger partial charge in [-0.2, -0.15) is 5.10 Å². The first-order chi connectivity index (χ1) is 12.2. The highest BCUT2D eigenvalue weighted by Gasteiger charge is 2.40. The molecule has 4 heterocycles. The molecule has 8 heteroatoms. The fourth-order valence-electron chi connectivity index (χ4n) is 4.03. The van der Waals surface area contributed by atoms with Crippen LogP contribution in [0.15, 0.2) is 24.8 Å². The van der Waals surface area contributed by atoms with E-state index in [0.29, 0.717) is 37.7 Å². The minimum Gasteiger partial charge on any atom is -0.348 e. The summed E-state index contributed by atoms with van der Waals surface area (Å²) in [6.07, 6.45) is 8.10. The highest BCUT2D eigenvalue weighted by molar-refractivity contribution is 5.92. The van der Waals surface area contributed by atoms with Crippen molar-refractivity contribution in [3.63, 3.8) is 0 Å². The lowest BCUT2D eigenvalue weighted by Gasteiger charge is -2.47. The average Bonchev–Trinajstić information content (AvgIpc) is 3.33. The lowest BCUT2D eigenvalue weighted by Crippen LogP contribution is -2.57. The van der Waals surface area contributed by atoms with Crippen molar-refractivity contribution in [2.45, 2.75) is 31.7 Å². The van der Waals surface area contributed by atoms with E-state index >= 15 is 0 Å². The Morgan fingerprint density at radius 3 is 3.04 bits per heavy atom. The maximum absolute atomic E-state index is 12.5. The van der Waals surface area contributed by atoms with E-state index in [1.165, 1.54) is 0 Å². The van der Waals surface area contributed by atoms with Gasteiger partial charge in [-0.1, -0.05) is 0 Å². The van der Waals surface area contributed by atoms with Crippen molar-refractivity contribution in [1.29, 1.82) is 0 Å². The second kappa shape index (κ2) is 6.70. The Kier molecular flexibility index (Phi) is 4.25. The molecule has 2 aromatic heterocycles. The van der Waals surface area contributed by atoms with E-state index in [2.05, 4.69) is 20.2 Å². The van der Waals surface area contributed by atoms with Crippen LogP contribution in [-0.2, 0) is 11.2 Å². The molecular weight excluding hydrogens is 320 g/mol. The van der Waals surface area contributed by atoms with Gasteiger partial charge in [0.1, 0.15) is 5.69 Å². The highest BCUT2D eigenvalue weighted by atomic mass is 16.2. The second-order valence-corrected chi connectivity index (χ2v) is 6.79. The number of aromatic nitrogens is 4. The molecule has 2 fully saturated rings. The fraction of sp³-hybridized carbons (Fsp3) is 0.529. The molecule has 25 heavy (non-hydrogen) atoms. The van der Waals surface area contributed by atoms with Crippen LogP contribution in [0.3, 0.4) is 0 Å². The summed E-state index contributed by atoms with van der Waals surface area (Å²) in [6, 6.07) is 1.94. The number of amides is 2. The zero-order valence-corrected chi connectivity index (χ0v) is 14.0. The number of nitrogens with zero attached hydrogens (tertiary/aromatic N) is 4. The Hall–Kier alpha value is -2.64. The van der Waals surface area contributed by atoms with E-state index in [1.807, 2.05) is 9.80 Å². The quantitative estimate of drug-likeness (QED) is 0.860. The van der Waals surface area contributed by atoms with E-state index in [9.17, 15) is 9.59 Å². The summed E-state index contributed by atoms with van der Waals surface area (Å²) in [4.78, 5) is 36.0. The molecule has 0 aliphatic carbocycles. The predicted molar refractivity (Wildman–Crippen MR) is 89.6 cm³/mol. The third-order valence-electron chi connectivity index (χ3n) is 5.34. The molecule has 0 saturated carbocycles. The Bertz CT molecular complexity index is 726. The second-order valence-electron chi connectivity index (χ2n) is 6.79. The molecule has 0 bridgehead atoms. The lowest BCUT2D eigenvalue weighted by atomic mass is 9.83. The van der Waals surface area contributed by atoms with Gasteiger partial charge in [-0.05, 0) is 24.8 Å². The molecule has 2 aromatic rings. The van der Waals surface area contributed by atoms with Crippen molar-refractivity contribution < 1.29 is 9.59 Å². The molecule has 0 spiro atoms. The largest absolute Gasteiger partial charge is 0.348 e. The smallest absolute Gasteiger partial charge is 0.271 e. The van der Waals surface area contributed by atoms with Crippen LogP contribution in [0.2, 0.25) is 0 Å². The van der Waals surface area contributed by atoms with Crippen molar-refractivity contribution in [3.05, 3.63) is 36.2 Å². The van der Waals surface area contributed by atoms with Crippen LogP contribution in [0, 0.1) is 5.92 Å². The van der Waals surface area contributed by atoms with E-state index < -0.39 is 0 Å². The average molecular weight is 342 g/mol. The van der Waals surface area contributed by atoms with Crippen molar-refractivity contribution in [2.24, 2.45) is 5.92 Å². The van der Waals surface area contributed by atoms with Crippen LogP contribution >= 0.6 is 0 Å². The van der Waals surface area contributed by atoms with Gasteiger partial charge >= 0.3 is 0 Å². The van der Waals surface area contributed by atoms with Gasteiger partial charge in [0, 0.05) is 56.6 Å². The zero-order valence-electron chi connectivity index (χ0n) is 14.0. The Balaban J connectivity index is 1.41. The number of hydrogen-bond acceptors (Lipinski definition) is 4. The first kappa shape index (κ1) is 15.9. The first-order valence-corrected chi connectivity index (χ1v) is 8.78. The summed E-state index contributed by atoms with van der Waals surface area (Å²) in [7, 11) is 0. The summed E-state index contributed by atoms with van der Waals surface area (Å²) >= 11 is 0. The number of likely N-dealkylation sites (tertiary alicyclic amines) is 2. The third-order valence-corrected chi connectivity index (χ3v) is 5.34. The van der Waals surface area contributed by atoms with Gasteiger partial charge in [-0.3, -0.25) is 14.7 Å². The van der Waals surface area contributed by atoms with Gasteiger partial charge in [-0.15, -0.1) is 0 Å². The molecule has 2 aliphatic heterocycles. The van der Waals surface area contributed by atoms with Gasteiger partial charge in [-0.25, -0.2) is 4.98 Å². The van der Waals surface area contributed by atoms with Crippen LogP contribution in [0.25, 0.3) is 0 Å². The number of piperidine rings is 2. The van der Waals surface area contributed by atoms with Crippen LogP contribution in [0.1, 0.15) is 35.4 Å². The van der Waals surface area contributed by atoms with Crippen LogP contribution < -0.4 is 0 Å². The van der Waals surface area contributed by atoms with Gasteiger partial charge in [0.15, 0.2) is 0 Å². The number of carbonyl (C=O) groups is 2. The molecule has 2 aliphatic rings. The van der Waals surface area contributed by atoms with Crippen molar-refractivity contribution >= 4 is 11.8 Å². The highest BCUT2D eigenvalue weighted by Crippen LogP contribution is 2.31. The van der Waals surface area contributed by atoms with Crippen molar-refractivity contribution in [3.8, 4) is 0 Å². The van der Waals surface area contributed by atoms with Crippen molar-refractivity contribution in [2.75, 3.05) is 19.6 Å². The number of aromatic amines is 2. The summed E-state index contributed by atoms with van der Waals surface area (Å²) in [5.74, 6) is 0.575. The SMILES string of the molecule is O=C(c1ccn[nH]1)N1CC[C@@H]2[C@@H](CCC(=O)N2CCc2cnc[nH]2)C1. The summed E-state index contributed by atoms with van der Waals surface area (Å²) in [5.41, 5.74) is 1.57. The minimum absolute atomic E-state index is 0.00291. The number of H-pyrrole nitrogens is 2. The van der Waals surface area contributed by atoms with Crippen LogP contribution in [0.5, 0.6) is 0 Å². The topological polar surface area (TPSA) is 98.0 Å². The Morgan fingerprint density at radius 1 is 1.36 bits per heavy atom. The molecule has 2 atom stereocenters. The predicted octanol–water partition coefficient (Wildman–Crippen LogP) is 0.829. The van der Waals surface area contributed by atoms with Gasteiger partial charge in [0.2, 0.25) is 5.91 Å². The zero-order chi connectivity index (χ0) is 17.2. The van der Waals surface area contributed by atoms with Gasteiger partial charge in [0.05, 0.1) is 6.33 Å². The number of fused-ring (bicyclic) bond motifs is 1. The van der Waals surface area contributed by atoms with Gasteiger partial charge < -0.3 is 14.8 Å². The molecule has 0 radical (unpaired) electrons. The fourth-order valence-corrected chi connectivity index (χ4v) is 4.03. The van der Waals surface area contributed by atoms with Gasteiger partial charge in [0.25, 0.3) is 5.91 Å². The number of imidazole rings is 1. The first-order valence-electron chi connectivity index (χ1n) is 8.78. The normalized spacial score (nSPS) is 23.6. The Labute approximate surface area is 145 Å². The summed E-state index contributed by atoms with van der Waals surface area (Å²) in [5, 5.41) is 6.60.